The first kappa shape index (κ1) is 14.3. The van der Waals surface area contributed by atoms with Crippen molar-refractivity contribution in [2.75, 3.05) is 31.6 Å². The van der Waals surface area contributed by atoms with Crippen LogP contribution >= 0.6 is 0 Å². The topological polar surface area (TPSA) is 73.7 Å². The molecule has 1 aromatic heterocycles. The lowest BCUT2D eigenvalue weighted by atomic mass is 10.1. The number of aromatic carboxylic acids is 1. The Kier molecular flexibility index (Phi) is 4.22. The molecule has 1 fully saturated rings. The molecule has 0 saturated carbocycles. The number of anilines is 1. The summed E-state index contributed by atoms with van der Waals surface area (Å²) in [5.74, 6) is -0.151. The molecule has 0 aromatic carbocycles. The van der Waals surface area contributed by atoms with Crippen LogP contribution in [0, 0.1) is 5.92 Å². The van der Waals surface area contributed by atoms with Crippen LogP contribution in [0.25, 0.3) is 0 Å². The number of nitrogens with zero attached hydrogens (tertiary/aromatic N) is 3. The van der Waals surface area contributed by atoms with Crippen molar-refractivity contribution >= 4 is 17.7 Å². The van der Waals surface area contributed by atoms with Gasteiger partial charge in [-0.05, 0) is 19.1 Å². The average molecular weight is 277 g/mol. The van der Waals surface area contributed by atoms with E-state index in [1.807, 2.05) is 23.8 Å². The number of carboxylic acid groups (broad SMARTS) is 1. The Bertz CT molecular complexity index is 518. The van der Waals surface area contributed by atoms with Crippen molar-refractivity contribution in [1.82, 2.24) is 9.88 Å². The molecule has 2 rings (SSSR count). The number of hydrogen-bond acceptors (Lipinski definition) is 4. The number of carboxylic acids is 1. The van der Waals surface area contributed by atoms with Gasteiger partial charge in [-0.1, -0.05) is 0 Å². The van der Waals surface area contributed by atoms with Gasteiger partial charge in [-0.15, -0.1) is 0 Å². The van der Waals surface area contributed by atoms with Crippen LogP contribution in [0.4, 0.5) is 5.82 Å². The second-order valence-corrected chi connectivity index (χ2v) is 5.06. The molecule has 1 aromatic rings. The van der Waals surface area contributed by atoms with Crippen molar-refractivity contribution in [1.29, 1.82) is 0 Å². The van der Waals surface area contributed by atoms with Crippen molar-refractivity contribution in [2.45, 2.75) is 13.3 Å². The van der Waals surface area contributed by atoms with Crippen LogP contribution in [0.1, 0.15) is 23.7 Å². The summed E-state index contributed by atoms with van der Waals surface area (Å²) in [4.78, 5) is 30.7. The molecule has 1 N–H and O–H groups in total. The van der Waals surface area contributed by atoms with Crippen molar-refractivity contribution in [2.24, 2.45) is 5.92 Å². The number of hydrogen-bond donors (Lipinski definition) is 1. The zero-order valence-electron chi connectivity index (χ0n) is 11.7. The summed E-state index contributed by atoms with van der Waals surface area (Å²) in [6.45, 7) is 4.04. The molecule has 1 amide bonds. The molecule has 1 aliphatic heterocycles. The second-order valence-electron chi connectivity index (χ2n) is 5.06. The molecule has 108 valence electrons. The highest BCUT2D eigenvalue weighted by Crippen LogP contribution is 2.22. The molecule has 1 aliphatic rings. The van der Waals surface area contributed by atoms with Crippen LogP contribution in [0.2, 0.25) is 0 Å². The monoisotopic (exact) mass is 277 g/mol. The summed E-state index contributed by atoms with van der Waals surface area (Å²) in [5, 5.41) is 9.17. The first-order chi connectivity index (χ1) is 9.52. The lowest BCUT2D eigenvalue weighted by Gasteiger charge is -2.23. The van der Waals surface area contributed by atoms with E-state index in [1.165, 1.54) is 0 Å². The number of amides is 1. The molecule has 2 heterocycles. The molecule has 1 atom stereocenters. The molecular formula is C14H19N3O3. The van der Waals surface area contributed by atoms with Gasteiger partial charge in [0.25, 0.3) is 0 Å². The van der Waals surface area contributed by atoms with Crippen LogP contribution in [-0.4, -0.2) is 53.5 Å². The maximum absolute atomic E-state index is 11.7. The summed E-state index contributed by atoms with van der Waals surface area (Å²) in [5.41, 5.74) is 0.187. The standard InChI is InChI=1S/C14H19N3O3/c1-3-17-9-10(7-12(17)18)8-16(2)13-11(14(19)20)5-4-6-15-13/h4-6,10H,3,7-9H2,1-2H3,(H,19,20). The van der Waals surface area contributed by atoms with Gasteiger partial charge in [0.1, 0.15) is 11.4 Å². The molecule has 1 saturated heterocycles. The molecule has 6 heteroatoms. The van der Waals surface area contributed by atoms with Crippen LogP contribution in [-0.2, 0) is 4.79 Å². The van der Waals surface area contributed by atoms with Crippen molar-refractivity contribution in [3.63, 3.8) is 0 Å². The number of carbonyl (C=O) groups excluding carboxylic acids is 1. The van der Waals surface area contributed by atoms with E-state index in [4.69, 9.17) is 5.11 Å². The molecule has 0 bridgehead atoms. The maximum atomic E-state index is 11.7. The van der Waals surface area contributed by atoms with Crippen LogP contribution in [0.3, 0.4) is 0 Å². The highest BCUT2D eigenvalue weighted by Gasteiger charge is 2.29. The van der Waals surface area contributed by atoms with Crippen LogP contribution in [0.5, 0.6) is 0 Å². The third-order valence-corrected chi connectivity index (χ3v) is 3.59. The van der Waals surface area contributed by atoms with Crippen LogP contribution < -0.4 is 4.90 Å². The van der Waals surface area contributed by atoms with E-state index in [0.29, 0.717) is 18.8 Å². The largest absolute Gasteiger partial charge is 0.478 e. The number of carbonyl (C=O) groups is 2. The molecule has 0 radical (unpaired) electrons. The van der Waals surface area contributed by atoms with Gasteiger partial charge in [0, 0.05) is 45.2 Å². The number of likely N-dealkylation sites (tertiary alicyclic amines) is 1. The van der Waals surface area contributed by atoms with Gasteiger partial charge in [-0.2, -0.15) is 0 Å². The lowest BCUT2D eigenvalue weighted by molar-refractivity contribution is -0.127. The van der Waals surface area contributed by atoms with Gasteiger partial charge in [0.2, 0.25) is 5.91 Å². The van der Waals surface area contributed by atoms with Gasteiger partial charge < -0.3 is 14.9 Å². The fourth-order valence-corrected chi connectivity index (χ4v) is 2.62. The Balaban J connectivity index is 2.08. The minimum absolute atomic E-state index is 0.172. The van der Waals surface area contributed by atoms with E-state index in [0.717, 1.165) is 13.1 Å². The van der Waals surface area contributed by atoms with E-state index >= 15 is 0 Å². The highest BCUT2D eigenvalue weighted by atomic mass is 16.4. The number of pyridine rings is 1. The quantitative estimate of drug-likeness (QED) is 0.872. The van der Waals surface area contributed by atoms with Gasteiger partial charge >= 0.3 is 5.97 Å². The summed E-state index contributed by atoms with van der Waals surface area (Å²) < 4.78 is 0. The zero-order chi connectivity index (χ0) is 14.7. The SMILES string of the molecule is CCN1CC(CN(C)c2ncccc2C(=O)O)CC1=O. The minimum atomic E-state index is -0.988. The summed E-state index contributed by atoms with van der Waals surface area (Å²) in [6, 6.07) is 3.15. The fourth-order valence-electron chi connectivity index (χ4n) is 2.62. The smallest absolute Gasteiger partial charge is 0.339 e. The Hall–Kier alpha value is -2.11. The summed E-state index contributed by atoms with van der Waals surface area (Å²) in [7, 11) is 1.81. The minimum Gasteiger partial charge on any atom is -0.478 e. The normalized spacial score (nSPS) is 18.4. The Morgan fingerprint density at radius 1 is 1.60 bits per heavy atom. The number of aromatic nitrogens is 1. The van der Waals surface area contributed by atoms with Gasteiger partial charge in [0.05, 0.1) is 0 Å². The Labute approximate surface area is 118 Å². The van der Waals surface area contributed by atoms with E-state index in [2.05, 4.69) is 4.98 Å². The fraction of sp³-hybridized carbons (Fsp3) is 0.500. The molecule has 20 heavy (non-hydrogen) atoms. The third kappa shape index (κ3) is 2.89. The molecule has 1 unspecified atom stereocenters. The molecule has 0 aliphatic carbocycles. The average Bonchev–Trinajstić information content (AvgIpc) is 2.78. The molecule has 6 nitrogen and oxygen atoms in total. The van der Waals surface area contributed by atoms with Crippen LogP contribution in [0.15, 0.2) is 18.3 Å². The predicted molar refractivity (Wildman–Crippen MR) is 74.8 cm³/mol. The van der Waals surface area contributed by atoms with E-state index < -0.39 is 5.97 Å². The van der Waals surface area contributed by atoms with E-state index in [-0.39, 0.29) is 17.4 Å². The summed E-state index contributed by atoms with van der Waals surface area (Å²) >= 11 is 0. The summed E-state index contributed by atoms with van der Waals surface area (Å²) in [6.07, 6.45) is 2.10. The Morgan fingerprint density at radius 3 is 2.95 bits per heavy atom. The first-order valence-electron chi connectivity index (χ1n) is 6.70. The van der Waals surface area contributed by atoms with E-state index in [1.54, 1.807) is 18.3 Å². The number of rotatable bonds is 5. The third-order valence-electron chi connectivity index (χ3n) is 3.59. The van der Waals surface area contributed by atoms with Gasteiger partial charge in [-0.3, -0.25) is 4.79 Å². The van der Waals surface area contributed by atoms with Crippen molar-refractivity contribution < 1.29 is 14.7 Å². The van der Waals surface area contributed by atoms with E-state index in [9.17, 15) is 9.59 Å². The zero-order valence-corrected chi connectivity index (χ0v) is 11.7. The lowest BCUT2D eigenvalue weighted by Crippen LogP contribution is -2.30. The highest BCUT2D eigenvalue weighted by molar-refractivity contribution is 5.93. The molecule has 0 spiro atoms. The van der Waals surface area contributed by atoms with Crippen molar-refractivity contribution in [3.05, 3.63) is 23.9 Å². The van der Waals surface area contributed by atoms with Gasteiger partial charge in [0.15, 0.2) is 0 Å². The molecular weight excluding hydrogens is 258 g/mol. The predicted octanol–water partition coefficient (Wildman–Crippen LogP) is 1.08. The Morgan fingerprint density at radius 2 is 2.35 bits per heavy atom. The van der Waals surface area contributed by atoms with Crippen molar-refractivity contribution in [3.8, 4) is 0 Å². The van der Waals surface area contributed by atoms with Gasteiger partial charge in [-0.25, -0.2) is 9.78 Å². The first-order valence-corrected chi connectivity index (χ1v) is 6.70. The maximum Gasteiger partial charge on any atom is 0.339 e. The second kappa shape index (κ2) is 5.90.